The highest BCUT2D eigenvalue weighted by Crippen LogP contribution is 2.26. The number of hydrogen-bond donors (Lipinski definition) is 1. The van der Waals surface area contributed by atoms with E-state index in [-0.39, 0.29) is 0 Å². The minimum Gasteiger partial charge on any atom is -0.356 e. The number of pyridine rings is 1. The van der Waals surface area contributed by atoms with Gasteiger partial charge in [-0.05, 0) is 73.3 Å². The minimum absolute atomic E-state index is 0.879. The predicted molar refractivity (Wildman–Crippen MR) is 80.2 cm³/mol. The number of nitrogens with zero attached hydrogens (tertiary/aromatic N) is 2. The SMILES string of the molecule is CNCCC1CCN(c2ncc(Br)cc2C)CC1. The third kappa shape index (κ3) is 3.45. The molecule has 2 rings (SSSR count). The molecular weight excluding hydrogens is 290 g/mol. The molecule has 1 aromatic heterocycles. The van der Waals surface area contributed by atoms with Crippen molar-refractivity contribution in [1.82, 2.24) is 10.3 Å². The Bertz CT molecular complexity index is 387. The van der Waals surface area contributed by atoms with E-state index in [9.17, 15) is 0 Å². The van der Waals surface area contributed by atoms with Crippen molar-refractivity contribution in [1.29, 1.82) is 0 Å². The number of aryl methyl sites for hydroxylation is 1. The molecule has 0 spiro atoms. The second-order valence-corrected chi connectivity index (χ2v) is 6.03. The summed E-state index contributed by atoms with van der Waals surface area (Å²) in [6, 6.07) is 2.15. The van der Waals surface area contributed by atoms with Crippen molar-refractivity contribution >= 4 is 21.7 Å². The maximum atomic E-state index is 4.56. The normalized spacial score (nSPS) is 17.2. The third-order valence-electron chi connectivity index (χ3n) is 3.73. The molecule has 1 aromatic rings. The molecule has 1 fully saturated rings. The molecule has 0 unspecified atom stereocenters. The Morgan fingerprint density at radius 1 is 1.44 bits per heavy atom. The largest absolute Gasteiger partial charge is 0.356 e. The van der Waals surface area contributed by atoms with Gasteiger partial charge in [0.25, 0.3) is 0 Å². The van der Waals surface area contributed by atoms with E-state index in [2.05, 4.69) is 44.1 Å². The number of piperidine rings is 1. The maximum absolute atomic E-state index is 4.56. The van der Waals surface area contributed by atoms with Crippen LogP contribution in [0.1, 0.15) is 24.8 Å². The van der Waals surface area contributed by atoms with Crippen molar-refractivity contribution in [3.8, 4) is 0 Å². The molecule has 3 nitrogen and oxygen atoms in total. The molecule has 0 aliphatic carbocycles. The van der Waals surface area contributed by atoms with Gasteiger partial charge in [0.15, 0.2) is 0 Å². The van der Waals surface area contributed by atoms with E-state index in [0.717, 1.165) is 35.8 Å². The Morgan fingerprint density at radius 2 is 2.17 bits per heavy atom. The Labute approximate surface area is 118 Å². The van der Waals surface area contributed by atoms with E-state index in [1.807, 2.05) is 13.2 Å². The first-order valence-electron chi connectivity index (χ1n) is 6.72. The molecule has 100 valence electrons. The summed E-state index contributed by atoms with van der Waals surface area (Å²) < 4.78 is 1.06. The van der Waals surface area contributed by atoms with Gasteiger partial charge in [-0.25, -0.2) is 4.98 Å². The number of hydrogen-bond acceptors (Lipinski definition) is 3. The van der Waals surface area contributed by atoms with Crippen molar-refractivity contribution in [3.05, 3.63) is 22.3 Å². The molecular formula is C14H22BrN3. The fourth-order valence-electron chi connectivity index (χ4n) is 2.65. The van der Waals surface area contributed by atoms with Gasteiger partial charge in [-0.2, -0.15) is 0 Å². The van der Waals surface area contributed by atoms with Gasteiger partial charge in [0, 0.05) is 23.8 Å². The Balaban J connectivity index is 1.93. The van der Waals surface area contributed by atoms with Crippen molar-refractivity contribution < 1.29 is 0 Å². The van der Waals surface area contributed by atoms with Gasteiger partial charge >= 0.3 is 0 Å². The van der Waals surface area contributed by atoms with Crippen molar-refractivity contribution in [2.24, 2.45) is 5.92 Å². The zero-order valence-electron chi connectivity index (χ0n) is 11.2. The quantitative estimate of drug-likeness (QED) is 0.926. The number of halogens is 1. The van der Waals surface area contributed by atoms with Gasteiger partial charge in [-0.1, -0.05) is 0 Å². The van der Waals surface area contributed by atoms with Crippen LogP contribution in [0, 0.1) is 12.8 Å². The summed E-state index contributed by atoms with van der Waals surface area (Å²) in [5.74, 6) is 2.04. The minimum atomic E-state index is 0.879. The van der Waals surface area contributed by atoms with Crippen LogP contribution in [-0.4, -0.2) is 31.7 Å². The summed E-state index contributed by atoms with van der Waals surface area (Å²) in [6.45, 7) is 5.56. The lowest BCUT2D eigenvalue weighted by atomic mass is 9.93. The lowest BCUT2D eigenvalue weighted by molar-refractivity contribution is 0.377. The topological polar surface area (TPSA) is 28.2 Å². The van der Waals surface area contributed by atoms with Crippen LogP contribution in [0.3, 0.4) is 0 Å². The Kier molecular flexibility index (Phi) is 5.01. The second kappa shape index (κ2) is 6.53. The monoisotopic (exact) mass is 311 g/mol. The number of nitrogens with one attached hydrogen (secondary N) is 1. The first kappa shape index (κ1) is 13.8. The zero-order chi connectivity index (χ0) is 13.0. The van der Waals surface area contributed by atoms with E-state index in [4.69, 9.17) is 0 Å². The summed E-state index contributed by atoms with van der Waals surface area (Å²) in [7, 11) is 2.03. The molecule has 0 saturated carbocycles. The molecule has 0 atom stereocenters. The van der Waals surface area contributed by atoms with E-state index >= 15 is 0 Å². The van der Waals surface area contributed by atoms with Gasteiger partial charge in [-0.15, -0.1) is 0 Å². The lowest BCUT2D eigenvalue weighted by Gasteiger charge is -2.33. The van der Waals surface area contributed by atoms with Gasteiger partial charge in [-0.3, -0.25) is 0 Å². The molecule has 1 saturated heterocycles. The highest BCUT2D eigenvalue weighted by atomic mass is 79.9. The first-order chi connectivity index (χ1) is 8.70. The smallest absolute Gasteiger partial charge is 0.131 e. The van der Waals surface area contributed by atoms with Crippen LogP contribution in [0.4, 0.5) is 5.82 Å². The second-order valence-electron chi connectivity index (χ2n) is 5.12. The maximum Gasteiger partial charge on any atom is 0.131 e. The molecule has 0 aromatic carbocycles. The number of rotatable bonds is 4. The van der Waals surface area contributed by atoms with Gasteiger partial charge in [0.1, 0.15) is 5.82 Å². The first-order valence-corrected chi connectivity index (χ1v) is 7.51. The van der Waals surface area contributed by atoms with Crippen LogP contribution in [0.15, 0.2) is 16.7 Å². The molecule has 1 N–H and O–H groups in total. The van der Waals surface area contributed by atoms with Crippen LogP contribution in [0.2, 0.25) is 0 Å². The molecule has 4 heteroatoms. The Morgan fingerprint density at radius 3 is 2.78 bits per heavy atom. The molecule has 0 amide bonds. The van der Waals surface area contributed by atoms with Crippen LogP contribution < -0.4 is 10.2 Å². The van der Waals surface area contributed by atoms with Crippen molar-refractivity contribution in [2.45, 2.75) is 26.2 Å². The van der Waals surface area contributed by atoms with E-state index in [1.54, 1.807) is 0 Å². The molecule has 0 bridgehead atoms. The van der Waals surface area contributed by atoms with E-state index in [0.29, 0.717) is 0 Å². The summed E-state index contributed by atoms with van der Waals surface area (Å²) >= 11 is 3.47. The van der Waals surface area contributed by atoms with Crippen molar-refractivity contribution in [3.63, 3.8) is 0 Å². The summed E-state index contributed by atoms with van der Waals surface area (Å²) in [5.41, 5.74) is 1.26. The van der Waals surface area contributed by atoms with Gasteiger partial charge in [0.2, 0.25) is 0 Å². The number of aromatic nitrogens is 1. The third-order valence-corrected chi connectivity index (χ3v) is 4.17. The highest BCUT2D eigenvalue weighted by molar-refractivity contribution is 9.10. The lowest BCUT2D eigenvalue weighted by Crippen LogP contribution is -2.35. The van der Waals surface area contributed by atoms with E-state index < -0.39 is 0 Å². The summed E-state index contributed by atoms with van der Waals surface area (Å²) in [4.78, 5) is 6.98. The fourth-order valence-corrected chi connectivity index (χ4v) is 3.09. The van der Waals surface area contributed by atoms with Gasteiger partial charge < -0.3 is 10.2 Å². The molecule has 0 radical (unpaired) electrons. The zero-order valence-corrected chi connectivity index (χ0v) is 12.8. The molecule has 2 heterocycles. The standard InChI is InChI=1S/C14H22BrN3/c1-11-9-13(15)10-17-14(11)18-7-4-12(5-8-18)3-6-16-2/h9-10,12,16H,3-8H2,1-2H3. The van der Waals surface area contributed by atoms with Crippen LogP contribution in [0.25, 0.3) is 0 Å². The Hall–Kier alpha value is -0.610. The molecule has 1 aliphatic heterocycles. The van der Waals surface area contributed by atoms with Crippen LogP contribution >= 0.6 is 15.9 Å². The van der Waals surface area contributed by atoms with Crippen molar-refractivity contribution in [2.75, 3.05) is 31.6 Å². The summed E-state index contributed by atoms with van der Waals surface area (Å²) in [6.07, 6.45) is 5.78. The predicted octanol–water partition coefficient (Wildman–Crippen LogP) is 2.98. The average molecular weight is 312 g/mol. The average Bonchev–Trinajstić information content (AvgIpc) is 2.37. The number of anilines is 1. The van der Waals surface area contributed by atoms with Crippen LogP contribution in [0.5, 0.6) is 0 Å². The molecule has 18 heavy (non-hydrogen) atoms. The fraction of sp³-hybridized carbons (Fsp3) is 0.643. The van der Waals surface area contributed by atoms with Gasteiger partial charge in [0.05, 0.1) is 0 Å². The molecule has 1 aliphatic rings. The summed E-state index contributed by atoms with van der Waals surface area (Å²) in [5, 5.41) is 3.24. The highest BCUT2D eigenvalue weighted by Gasteiger charge is 2.20. The van der Waals surface area contributed by atoms with E-state index in [1.165, 1.54) is 24.8 Å². The van der Waals surface area contributed by atoms with Crippen LogP contribution in [-0.2, 0) is 0 Å².